The molecule has 0 atom stereocenters. The van der Waals surface area contributed by atoms with Crippen LogP contribution in [0.4, 0.5) is 0 Å². The summed E-state index contributed by atoms with van der Waals surface area (Å²) >= 11 is 0. The van der Waals surface area contributed by atoms with E-state index in [4.69, 9.17) is 5.73 Å². The van der Waals surface area contributed by atoms with Gasteiger partial charge in [0, 0.05) is 18.6 Å². The molecular formula is C11H14N4. The molecule has 0 saturated carbocycles. The van der Waals surface area contributed by atoms with Crippen LogP contribution in [-0.2, 0) is 6.42 Å². The number of rotatable bonds is 4. The molecule has 0 radical (unpaired) electrons. The maximum absolute atomic E-state index is 5.46. The third kappa shape index (κ3) is 2.41. The summed E-state index contributed by atoms with van der Waals surface area (Å²) in [6.45, 7) is 0.723. The zero-order valence-corrected chi connectivity index (χ0v) is 8.50. The SMILES string of the molecule is NCCCc1cnn(-c2ccncc2)c1. The van der Waals surface area contributed by atoms with Gasteiger partial charge in [0.05, 0.1) is 11.9 Å². The highest BCUT2D eigenvalue weighted by molar-refractivity contribution is 5.28. The summed E-state index contributed by atoms with van der Waals surface area (Å²) in [5.41, 5.74) is 7.71. The van der Waals surface area contributed by atoms with Crippen LogP contribution in [0.2, 0.25) is 0 Å². The molecule has 2 rings (SSSR count). The molecule has 4 nitrogen and oxygen atoms in total. The lowest BCUT2D eigenvalue weighted by Gasteiger charge is -1.98. The fraction of sp³-hybridized carbons (Fsp3) is 0.273. The van der Waals surface area contributed by atoms with Crippen LogP contribution < -0.4 is 5.73 Å². The van der Waals surface area contributed by atoms with Gasteiger partial charge in [-0.05, 0) is 37.1 Å². The van der Waals surface area contributed by atoms with Crippen LogP contribution in [0, 0.1) is 0 Å². The molecule has 0 saturated heterocycles. The van der Waals surface area contributed by atoms with Gasteiger partial charge in [-0.1, -0.05) is 0 Å². The molecule has 0 unspecified atom stereocenters. The Morgan fingerprint density at radius 2 is 2.07 bits per heavy atom. The lowest BCUT2D eigenvalue weighted by Crippen LogP contribution is -1.99. The van der Waals surface area contributed by atoms with Gasteiger partial charge in [0.15, 0.2) is 0 Å². The summed E-state index contributed by atoms with van der Waals surface area (Å²) in [6.07, 6.45) is 9.43. The van der Waals surface area contributed by atoms with E-state index in [9.17, 15) is 0 Å². The van der Waals surface area contributed by atoms with Gasteiger partial charge >= 0.3 is 0 Å². The predicted molar refractivity (Wildman–Crippen MR) is 58.7 cm³/mol. The molecule has 2 heterocycles. The van der Waals surface area contributed by atoms with Gasteiger partial charge in [-0.3, -0.25) is 4.98 Å². The van der Waals surface area contributed by atoms with E-state index in [1.54, 1.807) is 12.4 Å². The Morgan fingerprint density at radius 3 is 2.80 bits per heavy atom. The van der Waals surface area contributed by atoms with Crippen molar-refractivity contribution in [1.82, 2.24) is 14.8 Å². The summed E-state index contributed by atoms with van der Waals surface area (Å²) in [6, 6.07) is 3.86. The lowest BCUT2D eigenvalue weighted by molar-refractivity contribution is 0.831. The van der Waals surface area contributed by atoms with Gasteiger partial charge in [0.1, 0.15) is 0 Å². The number of aromatic nitrogens is 3. The van der Waals surface area contributed by atoms with Crippen molar-refractivity contribution in [2.24, 2.45) is 5.73 Å². The third-order valence-electron chi connectivity index (χ3n) is 2.23. The first-order valence-corrected chi connectivity index (χ1v) is 5.04. The average Bonchev–Trinajstić information content (AvgIpc) is 2.76. The number of nitrogens with two attached hydrogens (primary N) is 1. The molecule has 0 aliphatic rings. The average molecular weight is 202 g/mol. The van der Waals surface area contributed by atoms with E-state index in [1.165, 1.54) is 5.56 Å². The summed E-state index contributed by atoms with van der Waals surface area (Å²) < 4.78 is 1.85. The fourth-order valence-corrected chi connectivity index (χ4v) is 1.43. The van der Waals surface area contributed by atoms with E-state index >= 15 is 0 Å². The first-order valence-electron chi connectivity index (χ1n) is 5.04. The molecule has 0 spiro atoms. The predicted octanol–water partition coefficient (Wildman–Crippen LogP) is 1.16. The molecular weight excluding hydrogens is 188 g/mol. The quantitative estimate of drug-likeness (QED) is 0.809. The van der Waals surface area contributed by atoms with Gasteiger partial charge < -0.3 is 5.73 Å². The zero-order chi connectivity index (χ0) is 10.5. The van der Waals surface area contributed by atoms with Crippen LogP contribution in [0.25, 0.3) is 5.69 Å². The molecule has 15 heavy (non-hydrogen) atoms. The van der Waals surface area contributed by atoms with Crippen molar-refractivity contribution < 1.29 is 0 Å². The first kappa shape index (κ1) is 9.86. The normalized spacial score (nSPS) is 10.5. The van der Waals surface area contributed by atoms with Crippen LogP contribution in [0.15, 0.2) is 36.9 Å². The number of pyridine rings is 1. The Morgan fingerprint density at radius 1 is 1.27 bits per heavy atom. The molecule has 2 N–H and O–H groups in total. The first-order chi connectivity index (χ1) is 7.40. The summed E-state index contributed by atoms with van der Waals surface area (Å²) in [7, 11) is 0. The number of hydrogen-bond acceptors (Lipinski definition) is 3. The van der Waals surface area contributed by atoms with Crippen molar-refractivity contribution in [2.45, 2.75) is 12.8 Å². The molecule has 0 aliphatic heterocycles. The molecule has 78 valence electrons. The maximum atomic E-state index is 5.46. The van der Waals surface area contributed by atoms with Crippen LogP contribution in [0.1, 0.15) is 12.0 Å². The topological polar surface area (TPSA) is 56.7 Å². The van der Waals surface area contributed by atoms with E-state index in [0.29, 0.717) is 0 Å². The Hall–Kier alpha value is -1.68. The molecule has 0 aromatic carbocycles. The van der Waals surface area contributed by atoms with E-state index in [1.807, 2.05) is 29.2 Å². The maximum Gasteiger partial charge on any atom is 0.0676 e. The Labute approximate surface area is 88.8 Å². The monoisotopic (exact) mass is 202 g/mol. The minimum atomic E-state index is 0.723. The van der Waals surface area contributed by atoms with E-state index in [2.05, 4.69) is 10.1 Å². The van der Waals surface area contributed by atoms with E-state index < -0.39 is 0 Å². The molecule has 2 aromatic heterocycles. The molecule has 0 aliphatic carbocycles. The highest BCUT2D eigenvalue weighted by atomic mass is 15.3. The van der Waals surface area contributed by atoms with Crippen molar-refractivity contribution in [3.63, 3.8) is 0 Å². The summed E-state index contributed by atoms with van der Waals surface area (Å²) in [5.74, 6) is 0. The van der Waals surface area contributed by atoms with Crippen molar-refractivity contribution in [2.75, 3.05) is 6.54 Å². The molecule has 4 heteroatoms. The van der Waals surface area contributed by atoms with Gasteiger partial charge in [-0.25, -0.2) is 4.68 Å². The largest absolute Gasteiger partial charge is 0.330 e. The smallest absolute Gasteiger partial charge is 0.0676 e. The van der Waals surface area contributed by atoms with Gasteiger partial charge in [-0.2, -0.15) is 5.10 Å². The number of hydrogen-bond donors (Lipinski definition) is 1. The van der Waals surface area contributed by atoms with E-state index in [-0.39, 0.29) is 0 Å². The molecule has 0 fully saturated rings. The molecule has 0 amide bonds. The number of nitrogens with zero attached hydrogens (tertiary/aromatic N) is 3. The summed E-state index contributed by atoms with van der Waals surface area (Å²) in [5, 5.41) is 4.29. The highest BCUT2D eigenvalue weighted by Crippen LogP contribution is 2.07. The Kier molecular flexibility index (Phi) is 3.09. The van der Waals surface area contributed by atoms with Crippen LogP contribution in [0.5, 0.6) is 0 Å². The third-order valence-corrected chi connectivity index (χ3v) is 2.23. The molecule has 0 bridgehead atoms. The van der Waals surface area contributed by atoms with Crippen molar-refractivity contribution in [3.8, 4) is 5.69 Å². The van der Waals surface area contributed by atoms with Crippen LogP contribution in [0.3, 0.4) is 0 Å². The number of aryl methyl sites for hydroxylation is 1. The second kappa shape index (κ2) is 4.70. The Bertz CT molecular complexity index is 408. The van der Waals surface area contributed by atoms with Gasteiger partial charge in [-0.15, -0.1) is 0 Å². The van der Waals surface area contributed by atoms with Crippen LogP contribution >= 0.6 is 0 Å². The minimum absolute atomic E-state index is 0.723. The van der Waals surface area contributed by atoms with Gasteiger partial charge in [0.25, 0.3) is 0 Å². The van der Waals surface area contributed by atoms with Crippen molar-refractivity contribution in [1.29, 1.82) is 0 Å². The van der Waals surface area contributed by atoms with Crippen LogP contribution in [-0.4, -0.2) is 21.3 Å². The zero-order valence-electron chi connectivity index (χ0n) is 8.50. The minimum Gasteiger partial charge on any atom is -0.330 e. The van der Waals surface area contributed by atoms with E-state index in [0.717, 1.165) is 25.1 Å². The highest BCUT2D eigenvalue weighted by Gasteiger charge is 1.99. The molecule has 2 aromatic rings. The fourth-order valence-electron chi connectivity index (χ4n) is 1.43. The second-order valence-electron chi connectivity index (χ2n) is 3.39. The standard InChI is InChI=1S/C11H14N4/c12-5-1-2-10-8-14-15(9-10)11-3-6-13-7-4-11/h3-4,6-9H,1-2,5,12H2. The summed E-state index contributed by atoms with van der Waals surface area (Å²) in [4.78, 5) is 3.97. The Balaban J connectivity index is 2.14. The van der Waals surface area contributed by atoms with Gasteiger partial charge in [0.2, 0.25) is 0 Å². The second-order valence-corrected chi connectivity index (χ2v) is 3.39. The van der Waals surface area contributed by atoms with Crippen molar-refractivity contribution >= 4 is 0 Å². The van der Waals surface area contributed by atoms with Crippen molar-refractivity contribution in [3.05, 3.63) is 42.5 Å². The lowest BCUT2D eigenvalue weighted by atomic mass is 10.2.